The summed E-state index contributed by atoms with van der Waals surface area (Å²) in [6, 6.07) is 2.24. The molecule has 0 spiro atoms. The third kappa shape index (κ3) is 3.15. The largest absolute Gasteiger partial charge is 0.354 e. The molecule has 1 aliphatic rings. The minimum Gasteiger partial charge on any atom is -0.354 e. The molecule has 90 valence electrons. The van der Waals surface area contributed by atoms with E-state index in [0.717, 1.165) is 32.1 Å². The number of nitrogens with one attached hydrogen (secondary N) is 1. The fourth-order valence-corrected chi connectivity index (χ4v) is 2.28. The Bertz CT molecular complexity index is 279. The maximum atomic E-state index is 12.0. The molecule has 0 heterocycles. The van der Waals surface area contributed by atoms with Gasteiger partial charge in [0.2, 0.25) is 5.91 Å². The van der Waals surface area contributed by atoms with Crippen LogP contribution in [0.5, 0.6) is 0 Å². The number of hydrogen-bond acceptors (Lipinski definition) is 3. The molecule has 1 saturated carbocycles. The average Bonchev–Trinajstić information content (AvgIpc) is 2.36. The highest BCUT2D eigenvalue weighted by atomic mass is 32.2. The fraction of sp³-hybridized carbons (Fsp3) is 0.833. The molecule has 1 aliphatic carbocycles. The number of carbonyl (C=O) groups is 1. The fourth-order valence-electron chi connectivity index (χ4n) is 2.03. The van der Waals surface area contributed by atoms with Gasteiger partial charge in [0.15, 0.2) is 0 Å². The van der Waals surface area contributed by atoms with Crippen molar-refractivity contribution in [2.75, 3.05) is 12.8 Å². The van der Waals surface area contributed by atoms with Gasteiger partial charge in [-0.2, -0.15) is 17.0 Å². The molecule has 16 heavy (non-hydrogen) atoms. The van der Waals surface area contributed by atoms with E-state index in [1.165, 1.54) is 0 Å². The van der Waals surface area contributed by atoms with Gasteiger partial charge in [-0.15, -0.1) is 0 Å². The van der Waals surface area contributed by atoms with Crippen LogP contribution in [-0.2, 0) is 4.79 Å². The molecule has 0 radical (unpaired) electrons. The van der Waals surface area contributed by atoms with Gasteiger partial charge < -0.3 is 5.32 Å². The molecule has 0 aromatic heterocycles. The van der Waals surface area contributed by atoms with Crippen LogP contribution < -0.4 is 5.32 Å². The van der Waals surface area contributed by atoms with E-state index in [4.69, 9.17) is 0 Å². The highest BCUT2D eigenvalue weighted by Gasteiger charge is 2.39. The van der Waals surface area contributed by atoms with E-state index in [1.807, 2.05) is 6.26 Å². The molecule has 3 nitrogen and oxygen atoms in total. The predicted molar refractivity (Wildman–Crippen MR) is 67.1 cm³/mol. The number of nitrogens with zero attached hydrogens (tertiary/aromatic N) is 1. The highest BCUT2D eigenvalue weighted by molar-refractivity contribution is 7.99. The van der Waals surface area contributed by atoms with Crippen molar-refractivity contribution in [3.05, 3.63) is 0 Å². The minimum atomic E-state index is -0.740. The van der Waals surface area contributed by atoms with Gasteiger partial charge in [-0.25, -0.2) is 0 Å². The van der Waals surface area contributed by atoms with Crippen LogP contribution in [0.25, 0.3) is 0 Å². The van der Waals surface area contributed by atoms with Gasteiger partial charge in [-0.1, -0.05) is 26.2 Å². The van der Waals surface area contributed by atoms with Crippen molar-refractivity contribution < 1.29 is 4.79 Å². The summed E-state index contributed by atoms with van der Waals surface area (Å²) in [6.45, 7) is 2.73. The van der Waals surface area contributed by atoms with Gasteiger partial charge in [0.1, 0.15) is 5.41 Å². The van der Waals surface area contributed by atoms with Crippen LogP contribution in [0.3, 0.4) is 0 Å². The Morgan fingerprint density at radius 1 is 1.50 bits per heavy atom. The number of nitriles is 1. The highest BCUT2D eigenvalue weighted by Crippen LogP contribution is 2.35. The van der Waals surface area contributed by atoms with Gasteiger partial charge in [-0.05, 0) is 19.1 Å². The quantitative estimate of drug-likeness (QED) is 0.820. The average molecular weight is 240 g/mol. The van der Waals surface area contributed by atoms with Crippen molar-refractivity contribution in [3.63, 3.8) is 0 Å². The summed E-state index contributed by atoms with van der Waals surface area (Å²) in [6.07, 6.45) is 6.62. The number of rotatable bonds is 4. The third-order valence-electron chi connectivity index (χ3n) is 3.31. The van der Waals surface area contributed by atoms with Crippen LogP contribution in [0.4, 0.5) is 0 Å². The maximum absolute atomic E-state index is 12.0. The second kappa shape index (κ2) is 6.15. The first-order chi connectivity index (χ1) is 7.64. The van der Waals surface area contributed by atoms with E-state index in [9.17, 15) is 10.1 Å². The van der Waals surface area contributed by atoms with E-state index in [1.54, 1.807) is 11.8 Å². The summed E-state index contributed by atoms with van der Waals surface area (Å²) in [5.41, 5.74) is -0.740. The molecule has 0 aromatic carbocycles. The van der Waals surface area contributed by atoms with Gasteiger partial charge >= 0.3 is 0 Å². The summed E-state index contributed by atoms with van der Waals surface area (Å²) < 4.78 is 0. The number of amides is 1. The van der Waals surface area contributed by atoms with E-state index < -0.39 is 5.41 Å². The molecule has 1 unspecified atom stereocenters. The molecular formula is C12H20N2OS. The summed E-state index contributed by atoms with van der Waals surface area (Å²) in [7, 11) is 0. The lowest BCUT2D eigenvalue weighted by Gasteiger charge is -2.29. The molecule has 0 bridgehead atoms. The summed E-state index contributed by atoms with van der Waals surface area (Å²) >= 11 is 1.72. The molecule has 1 fully saturated rings. The number of carbonyl (C=O) groups excluding carboxylic acids is 1. The first kappa shape index (κ1) is 13.4. The molecule has 4 heteroatoms. The molecule has 0 saturated heterocycles. The Morgan fingerprint density at radius 3 is 2.62 bits per heavy atom. The smallest absolute Gasteiger partial charge is 0.240 e. The molecule has 1 rings (SSSR count). The molecule has 1 atom stereocenters. The van der Waals surface area contributed by atoms with Crippen molar-refractivity contribution in [2.45, 2.75) is 44.3 Å². The topological polar surface area (TPSA) is 52.9 Å². The first-order valence-corrected chi connectivity index (χ1v) is 7.16. The normalized spacial score (nSPS) is 20.8. The van der Waals surface area contributed by atoms with Gasteiger partial charge in [0, 0.05) is 11.8 Å². The zero-order valence-electron chi connectivity index (χ0n) is 10.1. The first-order valence-electron chi connectivity index (χ1n) is 5.87. The Hall–Kier alpha value is -0.690. The Balaban J connectivity index is 2.53. The van der Waals surface area contributed by atoms with Crippen LogP contribution in [0, 0.1) is 16.7 Å². The zero-order valence-corrected chi connectivity index (χ0v) is 10.9. The summed E-state index contributed by atoms with van der Waals surface area (Å²) in [5, 5.41) is 12.5. The van der Waals surface area contributed by atoms with Crippen LogP contribution in [0.15, 0.2) is 0 Å². The molecule has 1 N–H and O–H groups in total. The van der Waals surface area contributed by atoms with E-state index in [2.05, 4.69) is 18.3 Å². The monoisotopic (exact) mass is 240 g/mol. The van der Waals surface area contributed by atoms with E-state index in [0.29, 0.717) is 11.8 Å². The Morgan fingerprint density at radius 2 is 2.12 bits per heavy atom. The van der Waals surface area contributed by atoms with Crippen molar-refractivity contribution in [1.82, 2.24) is 5.32 Å². The lowest BCUT2D eigenvalue weighted by Crippen LogP contribution is -2.43. The molecule has 0 aromatic rings. The number of hydrogen-bond donors (Lipinski definition) is 1. The second-order valence-corrected chi connectivity index (χ2v) is 5.79. The lowest BCUT2D eigenvalue weighted by atomic mass is 9.74. The van der Waals surface area contributed by atoms with Gasteiger partial charge in [0.25, 0.3) is 0 Å². The molecular weight excluding hydrogens is 220 g/mol. The van der Waals surface area contributed by atoms with Crippen LogP contribution in [0.2, 0.25) is 0 Å². The second-order valence-electron chi connectivity index (χ2n) is 4.51. The molecule has 1 amide bonds. The van der Waals surface area contributed by atoms with Crippen molar-refractivity contribution in [3.8, 4) is 6.07 Å². The zero-order chi connectivity index (χ0) is 12.0. The van der Waals surface area contributed by atoms with Crippen LogP contribution >= 0.6 is 11.8 Å². The Labute approximate surface area is 102 Å². The predicted octanol–water partition coefficient (Wildman–Crippen LogP) is 2.33. The third-order valence-corrected chi connectivity index (χ3v) is 4.28. The van der Waals surface area contributed by atoms with Gasteiger partial charge in [-0.3, -0.25) is 4.79 Å². The lowest BCUT2D eigenvalue weighted by molar-refractivity contribution is -0.129. The van der Waals surface area contributed by atoms with Crippen molar-refractivity contribution in [1.29, 1.82) is 5.26 Å². The SMILES string of the molecule is CSC(C)CNC(=O)C1(C#N)CCCCC1. The number of thioether (sulfide) groups is 1. The standard InChI is InChI=1S/C12H20N2OS/c1-10(16-2)8-14-11(15)12(9-13)6-4-3-5-7-12/h10H,3-8H2,1-2H3,(H,14,15). The van der Waals surface area contributed by atoms with E-state index in [-0.39, 0.29) is 5.91 Å². The molecule has 0 aliphatic heterocycles. The van der Waals surface area contributed by atoms with Crippen molar-refractivity contribution >= 4 is 17.7 Å². The maximum Gasteiger partial charge on any atom is 0.240 e. The van der Waals surface area contributed by atoms with Gasteiger partial charge in [0.05, 0.1) is 6.07 Å². The van der Waals surface area contributed by atoms with Crippen LogP contribution in [-0.4, -0.2) is 24.0 Å². The van der Waals surface area contributed by atoms with Crippen LogP contribution in [0.1, 0.15) is 39.0 Å². The summed E-state index contributed by atoms with van der Waals surface area (Å²) in [4.78, 5) is 12.0. The minimum absolute atomic E-state index is 0.0596. The summed E-state index contributed by atoms with van der Waals surface area (Å²) in [5.74, 6) is -0.0596. The van der Waals surface area contributed by atoms with Crippen molar-refractivity contribution in [2.24, 2.45) is 5.41 Å². The Kier molecular flexibility index (Phi) is 5.14. The van der Waals surface area contributed by atoms with E-state index >= 15 is 0 Å².